The minimum Gasteiger partial charge on any atom is -0.455 e. The summed E-state index contributed by atoms with van der Waals surface area (Å²) in [6.45, 7) is 5.09. The summed E-state index contributed by atoms with van der Waals surface area (Å²) < 4.78 is 5.09. The van der Waals surface area contributed by atoms with Gasteiger partial charge in [0, 0.05) is 18.1 Å². The first-order valence-corrected chi connectivity index (χ1v) is 6.41. The second-order valence-corrected chi connectivity index (χ2v) is 5.43. The number of hydrogen-bond donors (Lipinski definition) is 1. The third kappa shape index (κ3) is 5.21. The minimum absolute atomic E-state index is 0.0287. The van der Waals surface area contributed by atoms with Gasteiger partial charge in [0.1, 0.15) is 5.60 Å². The van der Waals surface area contributed by atoms with Crippen molar-refractivity contribution in [1.29, 1.82) is 0 Å². The lowest BCUT2D eigenvalue weighted by Gasteiger charge is -2.19. The van der Waals surface area contributed by atoms with Crippen LogP contribution in [0.2, 0.25) is 0 Å². The van der Waals surface area contributed by atoms with E-state index in [0.717, 1.165) is 0 Å². The molecule has 0 amide bonds. The van der Waals surface area contributed by atoms with Crippen molar-refractivity contribution in [3.05, 3.63) is 39.9 Å². The maximum absolute atomic E-state index is 11.8. The van der Waals surface area contributed by atoms with Crippen LogP contribution in [0, 0.1) is 10.1 Å². The van der Waals surface area contributed by atoms with Crippen LogP contribution in [0.4, 0.5) is 5.69 Å². The van der Waals surface area contributed by atoms with E-state index in [1.54, 1.807) is 39.0 Å². The fraction of sp³-hybridized carbons (Fsp3) is 0.429. The fourth-order valence-corrected chi connectivity index (χ4v) is 1.68. The average molecular weight is 294 g/mol. The third-order valence-corrected chi connectivity index (χ3v) is 2.57. The lowest BCUT2D eigenvalue weighted by atomic mass is 10.1. The third-order valence-electron chi connectivity index (χ3n) is 2.57. The zero-order valence-corrected chi connectivity index (χ0v) is 12.2. The van der Waals surface area contributed by atoms with Gasteiger partial charge in [-0.05, 0) is 27.2 Å². The first-order chi connectivity index (χ1) is 9.74. The van der Waals surface area contributed by atoms with E-state index in [2.05, 4.69) is 5.16 Å². The molecular formula is C14H18N2O5. The van der Waals surface area contributed by atoms with E-state index in [0.29, 0.717) is 5.56 Å². The number of ether oxygens (including phenoxy) is 1. The lowest BCUT2D eigenvalue weighted by Crippen LogP contribution is -2.29. The molecule has 7 nitrogen and oxygen atoms in total. The van der Waals surface area contributed by atoms with Gasteiger partial charge in [-0.1, -0.05) is 23.4 Å². The standard InChI is InChI=1S/C14H18N2O5/c1-14(2,3)21-13(17)11(15-18)9-8-10-6-4-5-7-12(10)16(19)20/h4-7,18H,8-9H2,1-3H3/b15-11+. The molecule has 0 aliphatic heterocycles. The molecule has 0 aromatic heterocycles. The summed E-state index contributed by atoms with van der Waals surface area (Å²) in [7, 11) is 0. The smallest absolute Gasteiger partial charge is 0.356 e. The van der Waals surface area contributed by atoms with Crippen LogP contribution in [-0.4, -0.2) is 27.4 Å². The monoisotopic (exact) mass is 294 g/mol. The molecule has 0 radical (unpaired) electrons. The van der Waals surface area contributed by atoms with Crippen LogP contribution in [0.5, 0.6) is 0 Å². The number of carbonyl (C=O) groups excluding carboxylic acids is 1. The highest BCUT2D eigenvalue weighted by atomic mass is 16.6. The number of esters is 1. The number of nitro groups is 1. The van der Waals surface area contributed by atoms with Crippen LogP contribution in [-0.2, 0) is 16.0 Å². The summed E-state index contributed by atoms with van der Waals surface area (Å²) in [5.74, 6) is -0.733. The summed E-state index contributed by atoms with van der Waals surface area (Å²) >= 11 is 0. The Labute approximate surface area is 122 Å². The molecule has 0 aliphatic carbocycles. The molecule has 1 aromatic rings. The number of benzene rings is 1. The van der Waals surface area contributed by atoms with Crippen LogP contribution < -0.4 is 0 Å². The molecule has 0 unspecified atom stereocenters. The van der Waals surface area contributed by atoms with Crippen molar-refractivity contribution in [1.82, 2.24) is 0 Å². The molecule has 1 aromatic carbocycles. The molecule has 1 N–H and O–H groups in total. The van der Waals surface area contributed by atoms with E-state index in [1.807, 2.05) is 0 Å². The van der Waals surface area contributed by atoms with Gasteiger partial charge in [0.25, 0.3) is 5.69 Å². The van der Waals surface area contributed by atoms with Gasteiger partial charge in [-0.3, -0.25) is 10.1 Å². The summed E-state index contributed by atoms with van der Waals surface area (Å²) in [4.78, 5) is 22.2. The molecule has 0 atom stereocenters. The number of oxime groups is 1. The van der Waals surface area contributed by atoms with Crippen LogP contribution in [0.15, 0.2) is 29.4 Å². The number of hydrogen-bond acceptors (Lipinski definition) is 6. The maximum atomic E-state index is 11.8. The molecule has 0 fully saturated rings. The topological polar surface area (TPSA) is 102 Å². The van der Waals surface area contributed by atoms with Crippen molar-refractivity contribution >= 4 is 17.4 Å². The number of rotatable bonds is 5. The van der Waals surface area contributed by atoms with Crippen LogP contribution in [0.3, 0.4) is 0 Å². The first kappa shape index (κ1) is 16.6. The highest BCUT2D eigenvalue weighted by Gasteiger charge is 2.22. The van der Waals surface area contributed by atoms with E-state index in [-0.39, 0.29) is 24.2 Å². The van der Waals surface area contributed by atoms with Gasteiger partial charge >= 0.3 is 5.97 Å². The van der Waals surface area contributed by atoms with Gasteiger partial charge in [-0.15, -0.1) is 0 Å². The predicted octanol–water partition coefficient (Wildman–Crippen LogP) is 2.70. The molecule has 0 heterocycles. The van der Waals surface area contributed by atoms with E-state index < -0.39 is 16.5 Å². The fourth-order valence-electron chi connectivity index (χ4n) is 1.68. The van der Waals surface area contributed by atoms with Crippen molar-refractivity contribution in [2.24, 2.45) is 5.16 Å². The van der Waals surface area contributed by atoms with Gasteiger partial charge in [0.05, 0.1) is 4.92 Å². The molecule has 0 saturated carbocycles. The Balaban J connectivity index is 2.78. The van der Waals surface area contributed by atoms with Gasteiger partial charge in [0.15, 0.2) is 5.71 Å². The van der Waals surface area contributed by atoms with Crippen LogP contribution >= 0.6 is 0 Å². The molecule has 21 heavy (non-hydrogen) atoms. The van der Waals surface area contributed by atoms with Crippen molar-refractivity contribution in [2.75, 3.05) is 0 Å². The van der Waals surface area contributed by atoms with Crippen molar-refractivity contribution in [3.8, 4) is 0 Å². The zero-order valence-electron chi connectivity index (χ0n) is 12.2. The Morgan fingerprint density at radius 1 is 1.38 bits per heavy atom. The molecule has 114 valence electrons. The number of nitro benzene ring substituents is 1. The van der Waals surface area contributed by atoms with Crippen molar-refractivity contribution in [2.45, 2.75) is 39.2 Å². The van der Waals surface area contributed by atoms with Gasteiger partial charge in [0.2, 0.25) is 0 Å². The van der Waals surface area contributed by atoms with E-state index in [1.165, 1.54) is 6.07 Å². The SMILES string of the molecule is CC(C)(C)OC(=O)/C(CCc1ccccc1[N+](=O)[O-])=N/O. The summed E-state index contributed by atoms with van der Waals surface area (Å²) in [5, 5.41) is 22.7. The average Bonchev–Trinajstić information content (AvgIpc) is 2.37. The Kier molecular flexibility index (Phi) is 5.40. The van der Waals surface area contributed by atoms with Gasteiger partial charge < -0.3 is 9.94 Å². The summed E-state index contributed by atoms with van der Waals surface area (Å²) in [6, 6.07) is 6.23. The molecule has 0 bridgehead atoms. The first-order valence-electron chi connectivity index (χ1n) is 6.41. The summed E-state index contributed by atoms with van der Waals surface area (Å²) in [5.41, 5.74) is -0.430. The second-order valence-electron chi connectivity index (χ2n) is 5.43. The maximum Gasteiger partial charge on any atom is 0.356 e. The second kappa shape index (κ2) is 6.83. The number of nitrogens with zero attached hydrogens (tertiary/aromatic N) is 2. The molecule has 0 spiro atoms. The predicted molar refractivity (Wildman–Crippen MR) is 76.5 cm³/mol. The quantitative estimate of drug-likeness (QED) is 0.296. The van der Waals surface area contributed by atoms with Crippen molar-refractivity contribution in [3.63, 3.8) is 0 Å². The van der Waals surface area contributed by atoms with Gasteiger partial charge in [-0.2, -0.15) is 0 Å². The number of aryl methyl sites for hydroxylation is 1. The highest BCUT2D eigenvalue weighted by Crippen LogP contribution is 2.19. The van der Waals surface area contributed by atoms with Crippen LogP contribution in [0.1, 0.15) is 32.8 Å². The number of carbonyl (C=O) groups is 1. The molecule has 7 heteroatoms. The highest BCUT2D eigenvalue weighted by molar-refractivity contribution is 6.36. The van der Waals surface area contributed by atoms with E-state index in [4.69, 9.17) is 9.94 Å². The van der Waals surface area contributed by atoms with Gasteiger partial charge in [-0.25, -0.2) is 4.79 Å². The molecular weight excluding hydrogens is 276 g/mol. The Bertz CT molecular complexity index is 561. The summed E-state index contributed by atoms with van der Waals surface area (Å²) in [6.07, 6.45) is 0.256. The Morgan fingerprint density at radius 3 is 2.52 bits per heavy atom. The van der Waals surface area contributed by atoms with E-state index in [9.17, 15) is 14.9 Å². The Morgan fingerprint density at radius 2 is 2.00 bits per heavy atom. The van der Waals surface area contributed by atoms with Crippen LogP contribution in [0.25, 0.3) is 0 Å². The Hall–Kier alpha value is -2.44. The molecule has 0 saturated heterocycles. The zero-order chi connectivity index (χ0) is 16.0. The largest absolute Gasteiger partial charge is 0.455 e. The normalized spacial score (nSPS) is 12.0. The molecule has 1 rings (SSSR count). The lowest BCUT2D eigenvalue weighted by molar-refractivity contribution is -0.385. The molecule has 0 aliphatic rings. The number of para-hydroxylation sites is 1. The van der Waals surface area contributed by atoms with E-state index >= 15 is 0 Å². The minimum atomic E-state index is -0.733. The van der Waals surface area contributed by atoms with Crippen molar-refractivity contribution < 1.29 is 19.7 Å².